The largest absolute Gasteiger partial charge is 0.461 e. The van der Waals surface area contributed by atoms with E-state index in [1.165, 1.54) is 4.68 Å². The Morgan fingerprint density at radius 3 is 2.38 bits per heavy atom. The molecule has 118 valence electrons. The second-order valence-electron chi connectivity index (χ2n) is 4.58. The molecule has 7 heteroatoms. The van der Waals surface area contributed by atoms with Gasteiger partial charge in [-0.2, -0.15) is 0 Å². The van der Waals surface area contributed by atoms with Gasteiger partial charge < -0.3 is 9.64 Å². The maximum Gasteiger partial charge on any atom is 0.360 e. The molecule has 1 aromatic heterocycles. The number of hydrogen-bond acceptors (Lipinski definition) is 5. The number of hydrogen-bond donors (Lipinski definition) is 0. The highest BCUT2D eigenvalue weighted by Gasteiger charge is 2.22. The Labute approximate surface area is 125 Å². The summed E-state index contributed by atoms with van der Waals surface area (Å²) in [5, 5.41) is 7.83. The summed E-state index contributed by atoms with van der Waals surface area (Å²) in [6, 6.07) is 0. The second kappa shape index (κ2) is 8.39. The predicted molar refractivity (Wildman–Crippen MR) is 77.9 cm³/mol. The van der Waals surface area contributed by atoms with E-state index >= 15 is 0 Å². The van der Waals surface area contributed by atoms with Gasteiger partial charge in [-0.1, -0.05) is 18.6 Å². The van der Waals surface area contributed by atoms with Crippen LogP contribution in [-0.4, -0.2) is 51.5 Å². The molecule has 0 spiro atoms. The van der Waals surface area contributed by atoms with Gasteiger partial charge in [0.2, 0.25) is 5.91 Å². The van der Waals surface area contributed by atoms with Crippen molar-refractivity contribution >= 4 is 11.9 Å². The molecule has 0 saturated carbocycles. The van der Waals surface area contributed by atoms with Crippen molar-refractivity contribution < 1.29 is 14.3 Å². The van der Waals surface area contributed by atoms with Gasteiger partial charge in [-0.3, -0.25) is 4.79 Å². The van der Waals surface area contributed by atoms with E-state index in [1.807, 2.05) is 20.8 Å². The van der Waals surface area contributed by atoms with Crippen molar-refractivity contribution in [2.75, 3.05) is 19.7 Å². The van der Waals surface area contributed by atoms with Crippen LogP contribution < -0.4 is 0 Å². The molecule has 0 aromatic carbocycles. The number of ether oxygens (including phenoxy) is 1. The normalized spacial score (nSPS) is 10.5. The van der Waals surface area contributed by atoms with Gasteiger partial charge in [0.25, 0.3) is 0 Å². The molecule has 0 atom stereocenters. The number of carbonyl (C=O) groups is 2. The summed E-state index contributed by atoms with van der Waals surface area (Å²) in [6.07, 6.45) is 1.46. The fourth-order valence-electron chi connectivity index (χ4n) is 2.11. The predicted octanol–water partition coefficient (Wildman–Crippen LogP) is 1.28. The first-order valence-corrected chi connectivity index (χ1v) is 7.46. The average molecular weight is 296 g/mol. The van der Waals surface area contributed by atoms with Crippen molar-refractivity contribution in [3.8, 4) is 0 Å². The van der Waals surface area contributed by atoms with Gasteiger partial charge >= 0.3 is 5.97 Å². The summed E-state index contributed by atoms with van der Waals surface area (Å²) in [5.74, 6) is -0.514. The first-order chi connectivity index (χ1) is 10.1. The van der Waals surface area contributed by atoms with Gasteiger partial charge in [-0.25, -0.2) is 9.48 Å². The number of aromatic nitrogens is 3. The Balaban J connectivity index is 2.97. The summed E-state index contributed by atoms with van der Waals surface area (Å²) in [5.41, 5.74) is 0.877. The van der Waals surface area contributed by atoms with E-state index in [2.05, 4.69) is 10.3 Å². The molecule has 0 bridgehead atoms. The van der Waals surface area contributed by atoms with Crippen LogP contribution in [0.3, 0.4) is 0 Å². The molecule has 0 aliphatic rings. The van der Waals surface area contributed by atoms with E-state index in [-0.39, 0.29) is 24.8 Å². The maximum atomic E-state index is 12.2. The van der Waals surface area contributed by atoms with Crippen LogP contribution >= 0.6 is 0 Å². The molecule has 1 aromatic rings. The van der Waals surface area contributed by atoms with Crippen LogP contribution in [0.1, 0.15) is 50.3 Å². The van der Waals surface area contributed by atoms with Crippen LogP contribution in [0, 0.1) is 0 Å². The van der Waals surface area contributed by atoms with Gasteiger partial charge in [-0.15, -0.1) is 5.10 Å². The molecule has 0 radical (unpaired) electrons. The van der Waals surface area contributed by atoms with Crippen molar-refractivity contribution in [3.05, 3.63) is 11.4 Å². The highest BCUT2D eigenvalue weighted by molar-refractivity contribution is 5.88. The molecular weight excluding hydrogens is 272 g/mol. The summed E-state index contributed by atoms with van der Waals surface area (Å²) >= 11 is 0. The van der Waals surface area contributed by atoms with Crippen LogP contribution in [0.2, 0.25) is 0 Å². The molecular formula is C14H24N4O3. The fraction of sp³-hybridized carbons (Fsp3) is 0.714. The van der Waals surface area contributed by atoms with Gasteiger partial charge in [-0.05, 0) is 27.2 Å². The molecule has 1 amide bonds. The number of rotatable bonds is 8. The van der Waals surface area contributed by atoms with Crippen molar-refractivity contribution in [3.63, 3.8) is 0 Å². The second-order valence-corrected chi connectivity index (χ2v) is 4.58. The summed E-state index contributed by atoms with van der Waals surface area (Å²) in [7, 11) is 0. The van der Waals surface area contributed by atoms with Crippen LogP contribution in [-0.2, 0) is 22.5 Å². The molecule has 0 fully saturated rings. The van der Waals surface area contributed by atoms with E-state index in [4.69, 9.17) is 4.74 Å². The number of nitrogens with zero attached hydrogens (tertiary/aromatic N) is 4. The Hall–Kier alpha value is -1.92. The molecule has 1 rings (SSSR count). The van der Waals surface area contributed by atoms with Crippen molar-refractivity contribution in [2.45, 2.75) is 47.1 Å². The van der Waals surface area contributed by atoms with E-state index in [0.717, 1.165) is 6.42 Å². The number of carbonyl (C=O) groups excluding carboxylic acids is 2. The van der Waals surface area contributed by atoms with Crippen molar-refractivity contribution in [1.82, 2.24) is 19.9 Å². The lowest BCUT2D eigenvalue weighted by Crippen LogP contribution is -2.34. The number of likely N-dealkylation sites (N-methyl/N-ethyl adjacent to an activating group) is 1. The molecule has 0 aliphatic carbocycles. The molecule has 21 heavy (non-hydrogen) atoms. The Morgan fingerprint density at radius 1 is 1.19 bits per heavy atom. The minimum atomic E-state index is -0.484. The zero-order valence-electron chi connectivity index (χ0n) is 13.3. The van der Waals surface area contributed by atoms with Gasteiger partial charge in [0.05, 0.1) is 12.3 Å². The first kappa shape index (κ1) is 17.1. The third kappa shape index (κ3) is 4.27. The third-order valence-electron chi connectivity index (χ3n) is 3.19. The Kier molecular flexibility index (Phi) is 6.84. The summed E-state index contributed by atoms with van der Waals surface area (Å²) < 4.78 is 6.48. The smallest absolute Gasteiger partial charge is 0.360 e. The molecule has 0 aliphatic heterocycles. The number of amides is 1. The van der Waals surface area contributed by atoms with Crippen molar-refractivity contribution in [2.24, 2.45) is 0 Å². The SMILES string of the molecule is CCCc1c(C(=O)OCC)nnn1CC(=O)N(CC)CC. The minimum absolute atomic E-state index is 0.0299. The van der Waals surface area contributed by atoms with Gasteiger partial charge in [0.15, 0.2) is 5.69 Å². The van der Waals surface area contributed by atoms with Crippen LogP contribution in [0.5, 0.6) is 0 Å². The van der Waals surface area contributed by atoms with E-state index in [9.17, 15) is 9.59 Å². The van der Waals surface area contributed by atoms with E-state index in [0.29, 0.717) is 25.2 Å². The minimum Gasteiger partial charge on any atom is -0.461 e. The Bertz CT molecular complexity index is 481. The summed E-state index contributed by atoms with van der Waals surface area (Å²) in [4.78, 5) is 25.7. The lowest BCUT2D eigenvalue weighted by molar-refractivity contribution is -0.131. The fourth-order valence-corrected chi connectivity index (χ4v) is 2.11. The van der Waals surface area contributed by atoms with Crippen LogP contribution in [0.15, 0.2) is 0 Å². The lowest BCUT2D eigenvalue weighted by Gasteiger charge is -2.18. The molecule has 0 unspecified atom stereocenters. The molecule has 1 heterocycles. The monoisotopic (exact) mass is 296 g/mol. The molecule has 7 nitrogen and oxygen atoms in total. The molecule has 0 saturated heterocycles. The van der Waals surface area contributed by atoms with Gasteiger partial charge in [0, 0.05) is 13.1 Å². The van der Waals surface area contributed by atoms with E-state index in [1.54, 1.807) is 11.8 Å². The van der Waals surface area contributed by atoms with Gasteiger partial charge in [0.1, 0.15) is 6.54 Å². The first-order valence-electron chi connectivity index (χ1n) is 7.46. The zero-order valence-corrected chi connectivity index (χ0v) is 13.3. The highest BCUT2D eigenvalue weighted by Crippen LogP contribution is 2.11. The summed E-state index contributed by atoms with van der Waals surface area (Å²) in [6.45, 7) is 9.29. The number of esters is 1. The lowest BCUT2D eigenvalue weighted by atomic mass is 10.2. The molecule has 0 N–H and O–H groups in total. The van der Waals surface area contributed by atoms with Crippen molar-refractivity contribution in [1.29, 1.82) is 0 Å². The maximum absolute atomic E-state index is 12.2. The zero-order chi connectivity index (χ0) is 15.8. The van der Waals surface area contributed by atoms with Crippen LogP contribution in [0.25, 0.3) is 0 Å². The average Bonchev–Trinajstić information content (AvgIpc) is 2.84. The topological polar surface area (TPSA) is 77.3 Å². The van der Waals surface area contributed by atoms with Crippen LogP contribution in [0.4, 0.5) is 0 Å². The highest BCUT2D eigenvalue weighted by atomic mass is 16.5. The standard InChI is InChI=1S/C14H24N4O3/c1-5-9-11-13(14(20)21-8-4)15-16-18(11)10-12(19)17(6-2)7-3/h5-10H2,1-4H3. The third-order valence-corrected chi connectivity index (χ3v) is 3.19. The Morgan fingerprint density at radius 2 is 1.86 bits per heavy atom. The quantitative estimate of drug-likeness (QED) is 0.675. The van der Waals surface area contributed by atoms with E-state index < -0.39 is 5.97 Å².